The Morgan fingerprint density at radius 1 is 0.900 bits per heavy atom. The van der Waals surface area contributed by atoms with Gasteiger partial charge >= 0.3 is 8.80 Å². The highest BCUT2D eigenvalue weighted by molar-refractivity contribution is 6.75. The van der Waals surface area contributed by atoms with Gasteiger partial charge in [-0.25, -0.2) is 0 Å². The van der Waals surface area contributed by atoms with Gasteiger partial charge in [0.15, 0.2) is 0 Å². The molecule has 2 N–H and O–H groups in total. The van der Waals surface area contributed by atoms with E-state index < -0.39 is 8.80 Å². The summed E-state index contributed by atoms with van der Waals surface area (Å²) in [7, 11) is -2.81. The van der Waals surface area contributed by atoms with E-state index in [0.717, 1.165) is 24.4 Å². The zero-order chi connectivity index (χ0) is 14.7. The van der Waals surface area contributed by atoms with Crippen molar-refractivity contribution in [2.24, 2.45) is 5.73 Å². The fourth-order valence-electron chi connectivity index (χ4n) is 1.78. The van der Waals surface area contributed by atoms with Gasteiger partial charge in [-0.15, -0.1) is 0 Å². The predicted octanol–water partition coefficient (Wildman–Crippen LogP) is 2.05. The maximum atomic E-state index is 6.07. The number of benzene rings is 1. The van der Waals surface area contributed by atoms with E-state index in [0.29, 0.717) is 26.4 Å². The van der Waals surface area contributed by atoms with Gasteiger partial charge in [-0.1, -0.05) is 44.2 Å². The summed E-state index contributed by atoms with van der Waals surface area (Å²) >= 11 is 0. The van der Waals surface area contributed by atoms with Crippen molar-refractivity contribution >= 4 is 14.0 Å². The van der Waals surface area contributed by atoms with E-state index in [1.54, 1.807) is 0 Å². The van der Waals surface area contributed by atoms with Crippen LogP contribution in [0.3, 0.4) is 0 Å². The molecule has 0 unspecified atom stereocenters. The molecule has 0 atom stereocenters. The first-order valence-electron chi connectivity index (χ1n) is 7.46. The summed E-state index contributed by atoms with van der Waals surface area (Å²) in [5.41, 5.74) is 5.55. The highest BCUT2D eigenvalue weighted by atomic mass is 28.4. The standard InChI is InChI=1S/C15H27NO3Si/c1-3-12-17-20(18-13-4-2,19-14-8-11-16)15-9-6-5-7-10-15/h5-7,9-10H,3-4,8,11-14,16H2,1-2H3. The van der Waals surface area contributed by atoms with Crippen molar-refractivity contribution in [3.63, 3.8) is 0 Å². The minimum absolute atomic E-state index is 0.574. The molecule has 0 amide bonds. The molecule has 4 nitrogen and oxygen atoms in total. The zero-order valence-electron chi connectivity index (χ0n) is 12.6. The molecule has 0 fully saturated rings. The van der Waals surface area contributed by atoms with Crippen molar-refractivity contribution < 1.29 is 13.3 Å². The van der Waals surface area contributed by atoms with Crippen LogP contribution < -0.4 is 10.9 Å². The second-order valence-electron chi connectivity index (χ2n) is 4.61. The molecule has 1 rings (SSSR count). The van der Waals surface area contributed by atoms with Gasteiger partial charge in [0.25, 0.3) is 0 Å². The average Bonchev–Trinajstić information content (AvgIpc) is 2.51. The van der Waals surface area contributed by atoms with Crippen molar-refractivity contribution in [3.05, 3.63) is 30.3 Å². The van der Waals surface area contributed by atoms with Crippen LogP contribution in [-0.4, -0.2) is 35.2 Å². The molecule has 1 aromatic rings. The summed E-state index contributed by atoms with van der Waals surface area (Å²) in [6.07, 6.45) is 2.70. The lowest BCUT2D eigenvalue weighted by Gasteiger charge is -2.29. The van der Waals surface area contributed by atoms with Crippen LogP contribution in [0.2, 0.25) is 0 Å². The third kappa shape index (κ3) is 5.34. The van der Waals surface area contributed by atoms with Crippen LogP contribution in [0.15, 0.2) is 30.3 Å². The maximum absolute atomic E-state index is 6.07. The molecular formula is C15H27NO3Si. The van der Waals surface area contributed by atoms with Crippen molar-refractivity contribution in [1.82, 2.24) is 0 Å². The zero-order valence-corrected chi connectivity index (χ0v) is 13.6. The van der Waals surface area contributed by atoms with Gasteiger partial charge in [-0.2, -0.15) is 0 Å². The maximum Gasteiger partial charge on any atom is 0.537 e. The van der Waals surface area contributed by atoms with Crippen LogP contribution in [0.1, 0.15) is 33.1 Å². The lowest BCUT2D eigenvalue weighted by Crippen LogP contribution is -2.57. The molecule has 0 heterocycles. The molecule has 5 heteroatoms. The van der Waals surface area contributed by atoms with Crippen LogP contribution in [0.25, 0.3) is 0 Å². The first-order valence-corrected chi connectivity index (χ1v) is 9.19. The van der Waals surface area contributed by atoms with E-state index in [-0.39, 0.29) is 0 Å². The summed E-state index contributed by atoms with van der Waals surface area (Å²) in [5.74, 6) is 0. The smallest absolute Gasteiger partial charge is 0.370 e. The molecule has 0 aliphatic heterocycles. The van der Waals surface area contributed by atoms with Gasteiger partial charge in [0.2, 0.25) is 0 Å². The van der Waals surface area contributed by atoms with Crippen LogP contribution in [0.5, 0.6) is 0 Å². The Kier molecular flexibility index (Phi) is 8.72. The van der Waals surface area contributed by atoms with E-state index in [9.17, 15) is 0 Å². The monoisotopic (exact) mass is 297 g/mol. The minimum Gasteiger partial charge on any atom is -0.370 e. The Balaban J connectivity index is 2.90. The van der Waals surface area contributed by atoms with Crippen LogP contribution >= 0.6 is 0 Å². The normalized spacial score (nSPS) is 11.8. The fraction of sp³-hybridized carbons (Fsp3) is 0.600. The first-order chi connectivity index (χ1) is 9.79. The molecule has 0 aliphatic carbocycles. The summed E-state index contributed by atoms with van der Waals surface area (Å²) in [4.78, 5) is 0. The van der Waals surface area contributed by atoms with E-state index in [4.69, 9.17) is 19.0 Å². The molecule has 0 radical (unpaired) electrons. The lowest BCUT2D eigenvalue weighted by molar-refractivity contribution is 0.0727. The molecular weight excluding hydrogens is 270 g/mol. The van der Waals surface area contributed by atoms with Crippen molar-refractivity contribution in [3.8, 4) is 0 Å². The molecule has 0 saturated heterocycles. The Labute approximate surface area is 123 Å². The van der Waals surface area contributed by atoms with Crippen molar-refractivity contribution in [1.29, 1.82) is 0 Å². The van der Waals surface area contributed by atoms with Gasteiger partial charge in [0.05, 0.1) is 0 Å². The van der Waals surface area contributed by atoms with E-state index in [1.165, 1.54) is 0 Å². The van der Waals surface area contributed by atoms with Gasteiger partial charge in [0, 0.05) is 25.0 Å². The van der Waals surface area contributed by atoms with Crippen molar-refractivity contribution in [2.75, 3.05) is 26.4 Å². The highest BCUT2D eigenvalue weighted by Gasteiger charge is 2.43. The molecule has 0 bridgehead atoms. The Bertz CT molecular complexity index is 340. The summed E-state index contributed by atoms with van der Waals surface area (Å²) in [6.45, 7) is 6.65. The third-order valence-electron chi connectivity index (χ3n) is 2.76. The van der Waals surface area contributed by atoms with E-state index in [1.807, 2.05) is 30.3 Å². The van der Waals surface area contributed by atoms with E-state index in [2.05, 4.69) is 13.8 Å². The highest BCUT2D eigenvalue weighted by Crippen LogP contribution is 2.12. The number of hydrogen-bond donors (Lipinski definition) is 1. The van der Waals surface area contributed by atoms with Gasteiger partial charge in [-0.05, 0) is 25.8 Å². The second-order valence-corrected chi connectivity index (χ2v) is 7.17. The number of nitrogens with two attached hydrogens (primary N) is 1. The number of hydrogen-bond acceptors (Lipinski definition) is 4. The summed E-state index contributed by atoms with van der Waals surface area (Å²) in [6, 6.07) is 10.0. The molecule has 114 valence electrons. The predicted molar refractivity (Wildman–Crippen MR) is 83.9 cm³/mol. The van der Waals surface area contributed by atoms with Crippen molar-refractivity contribution in [2.45, 2.75) is 33.1 Å². The number of rotatable bonds is 11. The Hall–Kier alpha value is -0.723. The Morgan fingerprint density at radius 2 is 1.45 bits per heavy atom. The largest absolute Gasteiger partial charge is 0.537 e. The third-order valence-corrected chi connectivity index (χ3v) is 5.55. The molecule has 1 aromatic carbocycles. The molecule has 0 saturated carbocycles. The lowest BCUT2D eigenvalue weighted by atomic mass is 10.4. The van der Waals surface area contributed by atoms with E-state index >= 15 is 0 Å². The van der Waals surface area contributed by atoms with Crippen LogP contribution in [0.4, 0.5) is 0 Å². The molecule has 0 spiro atoms. The topological polar surface area (TPSA) is 53.7 Å². The average molecular weight is 297 g/mol. The molecule has 0 aromatic heterocycles. The van der Waals surface area contributed by atoms with Crippen LogP contribution in [-0.2, 0) is 13.3 Å². The summed E-state index contributed by atoms with van der Waals surface area (Å²) < 4.78 is 18.2. The Morgan fingerprint density at radius 3 is 1.95 bits per heavy atom. The fourth-order valence-corrected chi connectivity index (χ4v) is 4.49. The van der Waals surface area contributed by atoms with Gasteiger partial charge in [0.1, 0.15) is 0 Å². The van der Waals surface area contributed by atoms with Crippen LogP contribution in [0, 0.1) is 0 Å². The summed E-state index contributed by atoms with van der Waals surface area (Å²) in [5, 5.41) is 1.03. The first kappa shape index (κ1) is 17.3. The quantitative estimate of drug-likeness (QED) is 0.502. The van der Waals surface area contributed by atoms with Gasteiger partial charge < -0.3 is 19.0 Å². The molecule has 0 aliphatic rings. The molecule has 20 heavy (non-hydrogen) atoms. The minimum atomic E-state index is -2.81. The van der Waals surface area contributed by atoms with Gasteiger partial charge in [-0.3, -0.25) is 0 Å². The second kappa shape index (κ2) is 10.1. The SMILES string of the molecule is CCCO[Si](OCCC)(OCCCN)c1ccccc1.